The number of hydrogen-bond acceptors (Lipinski definition) is 8. The molecule has 1 aliphatic heterocycles. The van der Waals surface area contributed by atoms with Crippen molar-refractivity contribution in [3.63, 3.8) is 0 Å². The minimum absolute atomic E-state index is 0.0590. The molecular formula is C25H18BrN3O4S2. The van der Waals surface area contributed by atoms with Gasteiger partial charge in [0.05, 0.1) is 11.8 Å². The number of aromatic nitrogens is 2. The second-order valence-electron chi connectivity index (χ2n) is 7.82. The first-order chi connectivity index (χ1) is 16.9. The lowest BCUT2D eigenvalue weighted by atomic mass is 9.99. The molecule has 7 nitrogen and oxygen atoms in total. The number of thioether (sulfide) groups is 1. The standard InChI is InChI=1S/C25H18BrN3O4S2/c1-14-4-6-15(7-5-14)13-34-25-28-27-24(35-25)29-20(18-3-2-12-33-18)19(22(31)23(29)32)21(30)16-8-10-17(26)11-9-16/h2-12,20,30H,13H2,1H3/b21-19-. The van der Waals surface area contributed by atoms with Crippen molar-refractivity contribution >= 4 is 61.6 Å². The number of anilines is 1. The molecule has 4 aromatic rings. The third-order valence-corrected chi connectivity index (χ3v) is 8.12. The average Bonchev–Trinajstić information content (AvgIpc) is 3.60. The topological polar surface area (TPSA) is 96.5 Å². The van der Waals surface area contributed by atoms with E-state index >= 15 is 0 Å². The minimum Gasteiger partial charge on any atom is -0.507 e. The van der Waals surface area contributed by atoms with E-state index < -0.39 is 17.7 Å². The Labute approximate surface area is 217 Å². The number of aliphatic hydroxyl groups excluding tert-OH is 1. The van der Waals surface area contributed by atoms with Crippen molar-refractivity contribution in [2.24, 2.45) is 0 Å². The van der Waals surface area contributed by atoms with Crippen molar-refractivity contribution in [2.75, 3.05) is 4.90 Å². The van der Waals surface area contributed by atoms with Gasteiger partial charge in [0.2, 0.25) is 5.13 Å². The number of ketones is 1. The van der Waals surface area contributed by atoms with Gasteiger partial charge in [-0.15, -0.1) is 10.2 Å². The van der Waals surface area contributed by atoms with Gasteiger partial charge in [0.1, 0.15) is 17.6 Å². The fourth-order valence-corrected chi connectivity index (χ4v) is 5.78. The fraction of sp³-hybridized carbons (Fsp3) is 0.120. The fourth-order valence-electron chi connectivity index (χ4n) is 3.70. The van der Waals surface area contributed by atoms with Crippen LogP contribution in [0.5, 0.6) is 0 Å². The number of furan rings is 1. The molecule has 176 valence electrons. The molecule has 1 amide bonds. The normalized spacial score (nSPS) is 17.3. The van der Waals surface area contributed by atoms with E-state index in [0.717, 1.165) is 10.0 Å². The lowest BCUT2D eigenvalue weighted by molar-refractivity contribution is -0.132. The van der Waals surface area contributed by atoms with Crippen LogP contribution in [0.1, 0.15) is 28.5 Å². The van der Waals surface area contributed by atoms with Gasteiger partial charge in [0.15, 0.2) is 4.34 Å². The van der Waals surface area contributed by atoms with Crippen molar-refractivity contribution in [1.29, 1.82) is 0 Å². The zero-order valence-corrected chi connectivity index (χ0v) is 21.6. The number of benzene rings is 2. The summed E-state index contributed by atoms with van der Waals surface area (Å²) in [4.78, 5) is 27.5. The van der Waals surface area contributed by atoms with Gasteiger partial charge < -0.3 is 9.52 Å². The summed E-state index contributed by atoms with van der Waals surface area (Å²) in [6.07, 6.45) is 1.46. The highest BCUT2D eigenvalue weighted by atomic mass is 79.9. The second-order valence-corrected chi connectivity index (χ2v) is 10.9. The first kappa shape index (κ1) is 23.5. The summed E-state index contributed by atoms with van der Waals surface area (Å²) in [5, 5.41) is 19.7. The molecule has 1 N–H and O–H groups in total. The Morgan fingerprint density at radius 1 is 1.11 bits per heavy atom. The molecule has 0 radical (unpaired) electrons. The highest BCUT2D eigenvalue weighted by molar-refractivity contribution is 9.10. The van der Waals surface area contributed by atoms with Crippen LogP contribution in [0.15, 0.2) is 85.7 Å². The molecule has 1 saturated heterocycles. The maximum atomic E-state index is 13.1. The molecule has 0 saturated carbocycles. The van der Waals surface area contributed by atoms with Gasteiger partial charge in [-0.1, -0.05) is 81.0 Å². The van der Waals surface area contributed by atoms with E-state index in [4.69, 9.17) is 4.42 Å². The number of halogens is 1. The van der Waals surface area contributed by atoms with Crippen molar-refractivity contribution in [3.8, 4) is 0 Å². The molecular weight excluding hydrogens is 550 g/mol. The molecule has 1 unspecified atom stereocenters. The highest BCUT2D eigenvalue weighted by Gasteiger charge is 2.49. The van der Waals surface area contributed by atoms with Gasteiger partial charge in [-0.05, 0) is 36.8 Å². The smallest absolute Gasteiger partial charge is 0.302 e. The van der Waals surface area contributed by atoms with Gasteiger partial charge in [0, 0.05) is 15.8 Å². The van der Waals surface area contributed by atoms with E-state index in [1.807, 2.05) is 6.92 Å². The van der Waals surface area contributed by atoms with Crippen LogP contribution in [0.25, 0.3) is 5.76 Å². The lowest BCUT2D eigenvalue weighted by Crippen LogP contribution is -2.29. The quantitative estimate of drug-likeness (QED) is 0.0984. The van der Waals surface area contributed by atoms with E-state index in [1.165, 1.54) is 39.8 Å². The molecule has 2 aromatic heterocycles. The number of carbonyl (C=O) groups excluding carboxylic acids is 2. The van der Waals surface area contributed by atoms with Crippen LogP contribution in [0.3, 0.4) is 0 Å². The average molecular weight is 568 g/mol. The zero-order chi connectivity index (χ0) is 24.5. The van der Waals surface area contributed by atoms with Crippen LogP contribution in [0.2, 0.25) is 0 Å². The molecule has 0 aliphatic carbocycles. The molecule has 0 bridgehead atoms. The van der Waals surface area contributed by atoms with E-state index in [-0.39, 0.29) is 16.5 Å². The predicted octanol–water partition coefficient (Wildman–Crippen LogP) is 6.12. The molecule has 3 heterocycles. The van der Waals surface area contributed by atoms with E-state index in [9.17, 15) is 14.7 Å². The molecule has 1 atom stereocenters. The van der Waals surface area contributed by atoms with Crippen molar-refractivity contribution in [1.82, 2.24) is 10.2 Å². The first-order valence-electron chi connectivity index (χ1n) is 10.5. The molecule has 10 heteroatoms. The number of carbonyl (C=O) groups is 2. The molecule has 5 rings (SSSR count). The Bertz CT molecular complexity index is 1410. The van der Waals surface area contributed by atoms with Crippen molar-refractivity contribution < 1.29 is 19.1 Å². The Morgan fingerprint density at radius 3 is 2.54 bits per heavy atom. The molecule has 1 aliphatic rings. The number of amides is 1. The summed E-state index contributed by atoms with van der Waals surface area (Å²) in [5.74, 6) is -0.851. The molecule has 35 heavy (non-hydrogen) atoms. The third kappa shape index (κ3) is 4.69. The number of nitrogens with zero attached hydrogens (tertiary/aromatic N) is 3. The van der Waals surface area contributed by atoms with E-state index in [1.54, 1.807) is 36.4 Å². The van der Waals surface area contributed by atoms with Crippen molar-refractivity contribution in [2.45, 2.75) is 23.1 Å². The SMILES string of the molecule is Cc1ccc(CSc2nnc(N3C(=O)C(=O)/C(=C(\O)c4ccc(Br)cc4)C3c3ccco3)s2)cc1. The number of hydrogen-bond donors (Lipinski definition) is 1. The van der Waals surface area contributed by atoms with Crippen LogP contribution < -0.4 is 4.90 Å². The summed E-state index contributed by atoms with van der Waals surface area (Å²) in [5.41, 5.74) is 2.68. The summed E-state index contributed by atoms with van der Waals surface area (Å²) in [7, 11) is 0. The Balaban J connectivity index is 1.49. The Hall–Kier alpha value is -3.21. The monoisotopic (exact) mass is 567 g/mol. The van der Waals surface area contributed by atoms with Gasteiger partial charge in [0.25, 0.3) is 5.78 Å². The van der Waals surface area contributed by atoms with Gasteiger partial charge in [-0.3, -0.25) is 14.5 Å². The van der Waals surface area contributed by atoms with E-state index in [0.29, 0.717) is 21.4 Å². The molecule has 0 spiro atoms. The number of aryl methyl sites for hydroxylation is 1. The zero-order valence-electron chi connectivity index (χ0n) is 18.3. The molecule has 2 aromatic carbocycles. The number of aliphatic hydroxyl groups is 1. The molecule has 1 fully saturated rings. The summed E-state index contributed by atoms with van der Waals surface area (Å²) in [6, 6.07) is 17.4. The van der Waals surface area contributed by atoms with Gasteiger partial charge in [-0.25, -0.2) is 0 Å². The second kappa shape index (κ2) is 9.80. The van der Waals surface area contributed by atoms with Crippen LogP contribution in [0.4, 0.5) is 5.13 Å². The van der Waals surface area contributed by atoms with Crippen LogP contribution in [-0.4, -0.2) is 27.0 Å². The third-order valence-electron chi connectivity index (χ3n) is 5.46. The predicted molar refractivity (Wildman–Crippen MR) is 138 cm³/mol. The minimum atomic E-state index is -0.962. The summed E-state index contributed by atoms with van der Waals surface area (Å²) in [6.45, 7) is 2.04. The number of Topliss-reactive ketones (excluding diaryl/α,β-unsaturated/α-hetero) is 1. The summed E-state index contributed by atoms with van der Waals surface area (Å²) < 4.78 is 7.06. The van der Waals surface area contributed by atoms with Crippen LogP contribution in [0, 0.1) is 6.92 Å². The Morgan fingerprint density at radius 2 is 1.86 bits per heavy atom. The van der Waals surface area contributed by atoms with Crippen molar-refractivity contribution in [3.05, 3.63) is 99.4 Å². The Kier molecular flexibility index (Phi) is 6.59. The highest BCUT2D eigenvalue weighted by Crippen LogP contribution is 2.44. The van der Waals surface area contributed by atoms with Crippen LogP contribution in [-0.2, 0) is 15.3 Å². The maximum Gasteiger partial charge on any atom is 0.302 e. The van der Waals surface area contributed by atoms with Gasteiger partial charge in [-0.2, -0.15) is 0 Å². The maximum absolute atomic E-state index is 13.1. The summed E-state index contributed by atoms with van der Waals surface area (Å²) >= 11 is 6.07. The largest absolute Gasteiger partial charge is 0.507 e. The number of rotatable bonds is 6. The first-order valence-corrected chi connectivity index (χ1v) is 13.1. The van der Waals surface area contributed by atoms with E-state index in [2.05, 4.69) is 50.4 Å². The van der Waals surface area contributed by atoms with Crippen LogP contribution >= 0.6 is 39.0 Å². The van der Waals surface area contributed by atoms with Gasteiger partial charge >= 0.3 is 5.91 Å². The lowest BCUT2D eigenvalue weighted by Gasteiger charge is -2.20.